The van der Waals surface area contributed by atoms with Gasteiger partial charge in [0.1, 0.15) is 0 Å². The molecule has 0 amide bonds. The Kier molecular flexibility index (Phi) is 16.4. The van der Waals surface area contributed by atoms with Crippen LogP contribution < -0.4 is 5.73 Å². The molecule has 0 saturated heterocycles. The van der Waals surface area contributed by atoms with E-state index in [0.29, 0.717) is 0 Å². The van der Waals surface area contributed by atoms with Gasteiger partial charge in [-0.2, -0.15) is 0 Å². The highest BCUT2D eigenvalue weighted by molar-refractivity contribution is 5.69. The summed E-state index contributed by atoms with van der Waals surface area (Å²) in [7, 11) is 0. The van der Waals surface area contributed by atoms with Crippen molar-refractivity contribution >= 4 is 5.97 Å². The van der Waals surface area contributed by atoms with E-state index in [4.69, 9.17) is 5.73 Å². The van der Waals surface area contributed by atoms with Gasteiger partial charge in [0.25, 0.3) is 0 Å². The molecule has 1 unspecified atom stereocenters. The minimum atomic E-state index is -0.599. The lowest BCUT2D eigenvalue weighted by molar-refractivity contribution is -0.142. The van der Waals surface area contributed by atoms with Gasteiger partial charge in [-0.05, 0) is 25.8 Å². The predicted octanol–water partition coefficient (Wildman–Crippen LogP) is 5.52. The highest BCUT2D eigenvalue weighted by Crippen LogP contribution is 2.19. The molecule has 0 aromatic carbocycles. The van der Waals surface area contributed by atoms with Crippen LogP contribution in [0.3, 0.4) is 0 Å². The van der Waals surface area contributed by atoms with E-state index in [1.165, 1.54) is 51.4 Å². The smallest absolute Gasteiger partial charge is 0.306 e. The van der Waals surface area contributed by atoms with Crippen LogP contribution in [0.1, 0.15) is 103 Å². The van der Waals surface area contributed by atoms with Gasteiger partial charge < -0.3 is 10.8 Å². The van der Waals surface area contributed by atoms with Crippen LogP contribution in [0.25, 0.3) is 0 Å². The van der Waals surface area contributed by atoms with E-state index in [1.54, 1.807) is 0 Å². The molecule has 132 valence electrons. The predicted molar refractivity (Wildman–Crippen MR) is 95.1 cm³/mol. The van der Waals surface area contributed by atoms with E-state index in [2.05, 4.69) is 6.92 Å². The standard InChI is InChI=1S/C19H39NO2/c1-2-3-4-5-6-7-8-9-12-15-18(19(21)22)16-13-10-11-14-17-20/h18H,2-17,20H2,1H3,(H,21,22). The molecule has 0 radical (unpaired) electrons. The van der Waals surface area contributed by atoms with E-state index in [9.17, 15) is 9.90 Å². The highest BCUT2D eigenvalue weighted by Gasteiger charge is 2.16. The summed E-state index contributed by atoms with van der Waals surface area (Å²) in [5.41, 5.74) is 5.46. The van der Waals surface area contributed by atoms with Crippen LogP contribution in [0.2, 0.25) is 0 Å². The first-order valence-corrected chi connectivity index (χ1v) is 9.65. The Morgan fingerprint density at radius 1 is 0.773 bits per heavy atom. The van der Waals surface area contributed by atoms with Gasteiger partial charge in [-0.15, -0.1) is 0 Å². The van der Waals surface area contributed by atoms with E-state index in [0.717, 1.165) is 51.5 Å². The molecule has 0 aliphatic rings. The number of hydrogen-bond acceptors (Lipinski definition) is 2. The minimum absolute atomic E-state index is 0.123. The van der Waals surface area contributed by atoms with Crippen molar-refractivity contribution in [1.82, 2.24) is 0 Å². The Balaban J connectivity index is 3.47. The zero-order valence-electron chi connectivity index (χ0n) is 14.8. The fourth-order valence-corrected chi connectivity index (χ4v) is 2.98. The largest absolute Gasteiger partial charge is 0.481 e. The molecule has 0 bridgehead atoms. The Bertz CT molecular complexity index is 244. The van der Waals surface area contributed by atoms with Crippen LogP contribution in [0.4, 0.5) is 0 Å². The molecule has 0 spiro atoms. The molecular formula is C19H39NO2. The van der Waals surface area contributed by atoms with E-state index >= 15 is 0 Å². The number of hydrogen-bond donors (Lipinski definition) is 2. The summed E-state index contributed by atoms with van der Waals surface area (Å²) >= 11 is 0. The average molecular weight is 314 g/mol. The van der Waals surface area contributed by atoms with Crippen LogP contribution in [-0.4, -0.2) is 17.6 Å². The molecule has 0 aromatic heterocycles. The van der Waals surface area contributed by atoms with Crippen molar-refractivity contribution in [3.63, 3.8) is 0 Å². The molecule has 3 nitrogen and oxygen atoms in total. The summed E-state index contributed by atoms with van der Waals surface area (Å²) in [5, 5.41) is 9.28. The average Bonchev–Trinajstić information content (AvgIpc) is 2.50. The third-order valence-corrected chi connectivity index (χ3v) is 4.51. The summed E-state index contributed by atoms with van der Waals surface area (Å²) in [6, 6.07) is 0. The zero-order chi connectivity index (χ0) is 16.5. The number of rotatable bonds is 17. The van der Waals surface area contributed by atoms with Gasteiger partial charge in [-0.3, -0.25) is 4.79 Å². The molecule has 1 atom stereocenters. The quantitative estimate of drug-likeness (QED) is 0.348. The van der Waals surface area contributed by atoms with Crippen molar-refractivity contribution in [2.24, 2.45) is 11.7 Å². The maximum Gasteiger partial charge on any atom is 0.306 e. The van der Waals surface area contributed by atoms with E-state index in [-0.39, 0.29) is 5.92 Å². The monoisotopic (exact) mass is 313 g/mol. The lowest BCUT2D eigenvalue weighted by Gasteiger charge is -2.12. The van der Waals surface area contributed by atoms with Crippen LogP contribution in [-0.2, 0) is 4.79 Å². The number of unbranched alkanes of at least 4 members (excludes halogenated alkanes) is 11. The molecule has 0 aliphatic heterocycles. The maximum atomic E-state index is 11.3. The molecule has 22 heavy (non-hydrogen) atoms. The van der Waals surface area contributed by atoms with Gasteiger partial charge in [0.05, 0.1) is 5.92 Å². The lowest BCUT2D eigenvalue weighted by Crippen LogP contribution is -2.13. The summed E-state index contributed by atoms with van der Waals surface area (Å²) in [6.45, 7) is 3.00. The Morgan fingerprint density at radius 3 is 1.59 bits per heavy atom. The van der Waals surface area contributed by atoms with Gasteiger partial charge >= 0.3 is 5.97 Å². The first-order valence-electron chi connectivity index (χ1n) is 9.65. The number of nitrogens with two attached hydrogens (primary N) is 1. The van der Waals surface area contributed by atoms with Crippen molar-refractivity contribution in [3.05, 3.63) is 0 Å². The third-order valence-electron chi connectivity index (χ3n) is 4.51. The second kappa shape index (κ2) is 16.8. The topological polar surface area (TPSA) is 63.3 Å². The lowest BCUT2D eigenvalue weighted by atomic mass is 9.94. The van der Waals surface area contributed by atoms with Gasteiger partial charge in [0.15, 0.2) is 0 Å². The molecule has 0 rings (SSSR count). The summed E-state index contributed by atoms with van der Waals surface area (Å²) in [5.74, 6) is -0.721. The van der Waals surface area contributed by atoms with Crippen molar-refractivity contribution < 1.29 is 9.90 Å². The molecule has 0 fully saturated rings. The van der Waals surface area contributed by atoms with Gasteiger partial charge in [0, 0.05) is 0 Å². The fourth-order valence-electron chi connectivity index (χ4n) is 2.98. The zero-order valence-corrected chi connectivity index (χ0v) is 14.8. The Labute approximate surface area is 138 Å². The highest BCUT2D eigenvalue weighted by atomic mass is 16.4. The molecule has 0 aliphatic carbocycles. The van der Waals surface area contributed by atoms with Gasteiger partial charge in [-0.1, -0.05) is 84.0 Å². The summed E-state index contributed by atoms with van der Waals surface area (Å²) in [6.07, 6.45) is 17.7. The molecule has 3 heteroatoms. The van der Waals surface area contributed by atoms with Crippen LogP contribution >= 0.6 is 0 Å². The first-order chi connectivity index (χ1) is 10.7. The second-order valence-electron chi connectivity index (χ2n) is 6.64. The van der Waals surface area contributed by atoms with Crippen LogP contribution in [0, 0.1) is 5.92 Å². The maximum absolute atomic E-state index is 11.3. The number of carbonyl (C=O) groups is 1. The summed E-state index contributed by atoms with van der Waals surface area (Å²) < 4.78 is 0. The minimum Gasteiger partial charge on any atom is -0.481 e. The van der Waals surface area contributed by atoms with Gasteiger partial charge in [-0.25, -0.2) is 0 Å². The third kappa shape index (κ3) is 14.4. The van der Waals surface area contributed by atoms with Crippen molar-refractivity contribution in [1.29, 1.82) is 0 Å². The molecule has 0 saturated carbocycles. The number of aliphatic carboxylic acids is 1. The fraction of sp³-hybridized carbons (Fsp3) is 0.947. The molecule has 3 N–H and O–H groups in total. The van der Waals surface area contributed by atoms with Gasteiger partial charge in [0.2, 0.25) is 0 Å². The first kappa shape index (κ1) is 21.4. The molecule has 0 heterocycles. The summed E-state index contributed by atoms with van der Waals surface area (Å²) in [4.78, 5) is 11.3. The van der Waals surface area contributed by atoms with E-state index < -0.39 is 5.97 Å². The normalized spacial score (nSPS) is 12.5. The van der Waals surface area contributed by atoms with Crippen molar-refractivity contribution in [2.45, 2.75) is 103 Å². The molecular weight excluding hydrogens is 274 g/mol. The molecule has 0 aromatic rings. The number of carboxylic acid groups (broad SMARTS) is 1. The second-order valence-corrected chi connectivity index (χ2v) is 6.64. The van der Waals surface area contributed by atoms with Crippen LogP contribution in [0.15, 0.2) is 0 Å². The number of carboxylic acids is 1. The Hall–Kier alpha value is -0.570. The van der Waals surface area contributed by atoms with Crippen molar-refractivity contribution in [2.75, 3.05) is 6.54 Å². The Morgan fingerprint density at radius 2 is 1.18 bits per heavy atom. The SMILES string of the molecule is CCCCCCCCCCCC(CCCCCCN)C(=O)O. The van der Waals surface area contributed by atoms with Crippen molar-refractivity contribution in [3.8, 4) is 0 Å². The van der Waals surface area contributed by atoms with E-state index in [1.807, 2.05) is 0 Å². The van der Waals surface area contributed by atoms with Crippen LogP contribution in [0.5, 0.6) is 0 Å².